The zero-order valence-electron chi connectivity index (χ0n) is 19.0. The van der Waals surface area contributed by atoms with Crippen LogP contribution in [0.2, 0.25) is 0 Å². The molecule has 0 unspecified atom stereocenters. The van der Waals surface area contributed by atoms with E-state index >= 15 is 0 Å². The molecule has 1 aromatic rings. The van der Waals surface area contributed by atoms with Crippen LogP contribution in [0.25, 0.3) is 0 Å². The summed E-state index contributed by atoms with van der Waals surface area (Å²) in [7, 11) is 0. The Balaban J connectivity index is -0.0000000695. The van der Waals surface area contributed by atoms with Crippen LogP contribution in [-0.2, 0) is 11.2 Å². The maximum Gasteiger partial charge on any atom is 0.126 e. The Kier molecular flexibility index (Phi) is 54.0. The number of rotatable bonds is 3. The van der Waals surface area contributed by atoms with Gasteiger partial charge in [-0.15, -0.1) is 0 Å². The Bertz CT molecular complexity index is 297. The molecule has 0 saturated carbocycles. The quantitative estimate of drug-likeness (QED) is 0.539. The molecule has 24 heavy (non-hydrogen) atoms. The van der Waals surface area contributed by atoms with E-state index in [1.807, 2.05) is 41.5 Å². The van der Waals surface area contributed by atoms with E-state index in [-0.39, 0.29) is 5.78 Å². The molecule has 1 heteroatoms. The topological polar surface area (TPSA) is 17.1 Å². The molecule has 0 aliphatic rings. The van der Waals surface area contributed by atoms with Crippen LogP contribution in [-0.4, -0.2) is 5.78 Å². The first kappa shape index (κ1) is 34.3. The molecule has 0 saturated heterocycles. The van der Waals surface area contributed by atoms with Gasteiger partial charge in [-0.2, -0.15) is 0 Å². The van der Waals surface area contributed by atoms with Gasteiger partial charge in [-0.3, -0.25) is 0 Å². The lowest BCUT2D eigenvalue weighted by molar-refractivity contribution is -0.114. The first-order valence-corrected chi connectivity index (χ1v) is 10.0. The molecule has 0 fully saturated rings. The van der Waals surface area contributed by atoms with Gasteiger partial charge >= 0.3 is 0 Å². The third kappa shape index (κ3) is 49.7. The summed E-state index contributed by atoms with van der Waals surface area (Å²) in [5, 5.41) is 0. The second kappa shape index (κ2) is 37.8. The summed E-state index contributed by atoms with van der Waals surface area (Å²) in [5.74, 6) is 0.167. The Morgan fingerprint density at radius 1 is 0.833 bits per heavy atom. The van der Waals surface area contributed by atoms with Gasteiger partial charge in [0.25, 0.3) is 0 Å². The van der Waals surface area contributed by atoms with Gasteiger partial charge in [0.15, 0.2) is 0 Å². The van der Waals surface area contributed by atoms with Crippen molar-refractivity contribution in [1.82, 2.24) is 0 Å². The van der Waals surface area contributed by atoms with Crippen molar-refractivity contribution in [2.75, 3.05) is 0 Å². The molecule has 0 radical (unpaired) electrons. The second-order valence-corrected chi connectivity index (χ2v) is 4.60. The lowest BCUT2D eigenvalue weighted by Crippen LogP contribution is -1.78. The first-order chi connectivity index (χ1) is 11.5. The molecule has 1 rings (SSSR count). The Hall–Kier alpha value is -1.11. The molecule has 0 spiro atoms. The van der Waals surface area contributed by atoms with Crippen LogP contribution in [0.5, 0.6) is 0 Å². The minimum Gasteiger partial charge on any atom is -0.300 e. The van der Waals surface area contributed by atoms with Gasteiger partial charge in [0.2, 0.25) is 0 Å². The zero-order valence-corrected chi connectivity index (χ0v) is 19.0. The number of Topliss-reactive ketones (excluding diaryl/α,β-unsaturated/α-hetero) is 1. The van der Waals surface area contributed by atoms with Crippen LogP contribution in [0.1, 0.15) is 107 Å². The summed E-state index contributed by atoms with van der Waals surface area (Å²) in [4.78, 5) is 9.44. The van der Waals surface area contributed by atoms with Crippen molar-refractivity contribution >= 4 is 5.78 Å². The molecular formula is C23H48O. The van der Waals surface area contributed by atoms with Crippen molar-refractivity contribution < 1.29 is 4.79 Å². The summed E-state index contributed by atoms with van der Waals surface area (Å²) < 4.78 is 0. The van der Waals surface area contributed by atoms with Crippen molar-refractivity contribution in [1.29, 1.82) is 0 Å². The molecule has 0 amide bonds. The van der Waals surface area contributed by atoms with Crippen LogP contribution >= 0.6 is 0 Å². The van der Waals surface area contributed by atoms with Crippen LogP contribution < -0.4 is 0 Å². The van der Waals surface area contributed by atoms with Crippen LogP contribution in [0, 0.1) is 6.92 Å². The fraction of sp³-hybridized carbons (Fsp3) is 0.696. The average molecular weight is 341 g/mol. The lowest BCUT2D eigenvalue weighted by Gasteiger charge is -1.95. The molecule has 0 atom stereocenters. The van der Waals surface area contributed by atoms with E-state index in [4.69, 9.17) is 0 Å². The largest absolute Gasteiger partial charge is 0.300 e. The van der Waals surface area contributed by atoms with Crippen molar-refractivity contribution in [2.24, 2.45) is 0 Å². The summed E-state index contributed by atoms with van der Waals surface area (Å²) in [5.41, 5.74) is 2.78. The minimum atomic E-state index is 0.167. The average Bonchev–Trinajstić information content (AvgIpc) is 2.61. The summed E-state index contributed by atoms with van der Waals surface area (Å²) >= 11 is 0. The standard InChI is InChI=1S/C9H12.C5H12.C3H6O.3C2H6/c1-3-9-6-4-5-8(2)7-9;1-3-5-4-2;1-3(2)4;3*1-2/h4-7H,3H2,1-2H3;3-5H2,1-2H3;1-2H3;3*1-2H3. The lowest BCUT2D eigenvalue weighted by atomic mass is 10.1. The zero-order chi connectivity index (χ0) is 20.4. The molecule has 146 valence electrons. The SMILES string of the molecule is CC.CC.CC.CC(C)=O.CCCCC.CCc1cccc(C)c1. The third-order valence-corrected chi connectivity index (χ3v) is 2.20. The minimum absolute atomic E-state index is 0.167. The highest BCUT2D eigenvalue weighted by atomic mass is 16.1. The highest BCUT2D eigenvalue weighted by molar-refractivity contribution is 5.72. The van der Waals surface area contributed by atoms with E-state index < -0.39 is 0 Å². The normalized spacial score (nSPS) is 7.17. The molecule has 1 aromatic carbocycles. The van der Waals surface area contributed by atoms with E-state index in [0.717, 1.165) is 6.42 Å². The van der Waals surface area contributed by atoms with Gasteiger partial charge in [-0.25, -0.2) is 0 Å². The maximum absolute atomic E-state index is 9.44. The molecule has 0 bridgehead atoms. The van der Waals surface area contributed by atoms with Crippen molar-refractivity contribution in [3.05, 3.63) is 35.4 Å². The summed E-state index contributed by atoms with van der Waals surface area (Å²) in [6.45, 7) is 23.8. The van der Waals surface area contributed by atoms with Gasteiger partial charge in [-0.1, -0.05) is 111 Å². The maximum atomic E-state index is 9.44. The van der Waals surface area contributed by atoms with E-state index in [0.29, 0.717) is 0 Å². The van der Waals surface area contributed by atoms with Crippen LogP contribution in [0.15, 0.2) is 24.3 Å². The van der Waals surface area contributed by atoms with E-state index in [9.17, 15) is 4.79 Å². The van der Waals surface area contributed by atoms with E-state index in [1.165, 1.54) is 44.2 Å². The summed E-state index contributed by atoms with van der Waals surface area (Å²) in [6, 6.07) is 8.61. The Labute approximate surface area is 155 Å². The van der Waals surface area contributed by atoms with Gasteiger partial charge in [0, 0.05) is 0 Å². The predicted molar refractivity (Wildman–Crippen MR) is 116 cm³/mol. The monoisotopic (exact) mass is 340 g/mol. The van der Waals surface area contributed by atoms with Gasteiger partial charge in [0.05, 0.1) is 0 Å². The molecule has 0 aromatic heterocycles. The molecule has 0 heterocycles. The van der Waals surface area contributed by atoms with E-state index in [1.54, 1.807) is 0 Å². The number of carbonyl (C=O) groups excluding carboxylic acids is 1. The van der Waals surface area contributed by atoms with Crippen molar-refractivity contribution in [3.63, 3.8) is 0 Å². The number of ketones is 1. The third-order valence-electron chi connectivity index (χ3n) is 2.20. The number of carbonyl (C=O) groups is 1. The highest BCUT2D eigenvalue weighted by Gasteiger charge is 1.85. The van der Waals surface area contributed by atoms with Crippen LogP contribution in [0.4, 0.5) is 0 Å². The molecule has 0 N–H and O–H groups in total. The molecule has 0 aliphatic carbocycles. The molecular weight excluding hydrogens is 292 g/mol. The molecule has 0 aliphatic heterocycles. The Morgan fingerprint density at radius 3 is 1.38 bits per heavy atom. The second-order valence-electron chi connectivity index (χ2n) is 4.60. The number of hydrogen-bond acceptors (Lipinski definition) is 1. The van der Waals surface area contributed by atoms with Gasteiger partial charge < -0.3 is 4.79 Å². The van der Waals surface area contributed by atoms with Crippen LogP contribution in [0.3, 0.4) is 0 Å². The summed E-state index contributed by atoms with van der Waals surface area (Å²) in [6.07, 6.45) is 5.22. The number of aryl methyl sites for hydroxylation is 2. The predicted octanol–water partition coefficient (Wildman–Crippen LogP) is 8.43. The van der Waals surface area contributed by atoms with Gasteiger partial charge in [0.1, 0.15) is 5.78 Å². The fourth-order valence-electron chi connectivity index (χ4n) is 1.29. The Morgan fingerprint density at radius 2 is 1.21 bits per heavy atom. The van der Waals surface area contributed by atoms with E-state index in [2.05, 4.69) is 52.0 Å². The van der Waals surface area contributed by atoms with Gasteiger partial charge in [-0.05, 0) is 32.8 Å². The smallest absolute Gasteiger partial charge is 0.126 e. The van der Waals surface area contributed by atoms with Crippen molar-refractivity contribution in [2.45, 2.75) is 109 Å². The number of hydrogen-bond donors (Lipinski definition) is 0. The van der Waals surface area contributed by atoms with Crippen molar-refractivity contribution in [3.8, 4) is 0 Å². The number of unbranched alkanes of at least 4 members (excludes halogenated alkanes) is 2. The number of benzene rings is 1. The highest BCUT2D eigenvalue weighted by Crippen LogP contribution is 2.03. The fourth-order valence-corrected chi connectivity index (χ4v) is 1.29. The molecule has 1 nitrogen and oxygen atoms in total. The first-order valence-electron chi connectivity index (χ1n) is 10.0.